The molecule has 0 spiro atoms. The second-order valence-corrected chi connectivity index (χ2v) is 3.93. The van der Waals surface area contributed by atoms with E-state index in [1.54, 1.807) is 23.5 Å². The number of hydrogen-bond acceptors (Lipinski definition) is 3. The molecule has 1 fully saturated rings. The Morgan fingerprint density at radius 3 is 2.29 bits per heavy atom. The maximum atomic E-state index is 8.27. The third-order valence-electron chi connectivity index (χ3n) is 0.727. The van der Waals surface area contributed by atoms with Crippen LogP contribution in [0.15, 0.2) is 0 Å². The van der Waals surface area contributed by atoms with Crippen molar-refractivity contribution in [3.05, 3.63) is 0 Å². The van der Waals surface area contributed by atoms with Gasteiger partial charge in [0.15, 0.2) is 0 Å². The van der Waals surface area contributed by atoms with Crippen molar-refractivity contribution in [3.63, 3.8) is 0 Å². The van der Waals surface area contributed by atoms with Gasteiger partial charge in [-0.2, -0.15) is 5.26 Å². The highest BCUT2D eigenvalue weighted by Gasteiger charge is 2.13. The minimum Gasteiger partial charge on any atom is -0.196 e. The maximum absolute atomic E-state index is 8.27. The molecule has 0 amide bonds. The number of rotatable bonds is 0. The molecule has 0 saturated carbocycles. The van der Waals surface area contributed by atoms with Crippen LogP contribution < -0.4 is 0 Å². The lowest BCUT2D eigenvalue weighted by molar-refractivity contribution is 1.47. The van der Waals surface area contributed by atoms with Crippen molar-refractivity contribution in [2.75, 3.05) is 11.5 Å². The van der Waals surface area contributed by atoms with Gasteiger partial charge in [-0.15, -0.1) is 23.5 Å². The van der Waals surface area contributed by atoms with Crippen LogP contribution in [-0.2, 0) is 0 Å². The molecule has 0 aromatic carbocycles. The van der Waals surface area contributed by atoms with Crippen molar-refractivity contribution < 1.29 is 0 Å². The normalized spacial score (nSPS) is 22.1. The molecular formula is C4H5NS2. The molecular weight excluding hydrogens is 126 g/mol. The summed E-state index contributed by atoms with van der Waals surface area (Å²) >= 11 is 3.49. The second-order valence-electron chi connectivity index (χ2n) is 1.20. The summed E-state index contributed by atoms with van der Waals surface area (Å²) in [6.07, 6.45) is 0. The third-order valence-corrected chi connectivity index (χ3v) is 3.50. The van der Waals surface area contributed by atoms with Crippen LogP contribution in [0.5, 0.6) is 0 Å². The summed E-state index contributed by atoms with van der Waals surface area (Å²) in [5, 5.41) is 8.27. The van der Waals surface area contributed by atoms with Crippen LogP contribution in [-0.4, -0.2) is 16.1 Å². The molecule has 1 saturated heterocycles. The zero-order valence-corrected chi connectivity index (χ0v) is 5.39. The van der Waals surface area contributed by atoms with Gasteiger partial charge in [0.05, 0.1) is 6.07 Å². The minimum atomic E-state index is 0.236. The van der Waals surface area contributed by atoms with Crippen LogP contribution in [0.2, 0.25) is 0 Å². The Morgan fingerprint density at radius 1 is 1.43 bits per heavy atom. The molecule has 0 N–H and O–H groups in total. The van der Waals surface area contributed by atoms with Gasteiger partial charge < -0.3 is 0 Å². The lowest BCUT2D eigenvalue weighted by Crippen LogP contribution is -1.80. The van der Waals surface area contributed by atoms with Crippen molar-refractivity contribution in [2.45, 2.75) is 4.58 Å². The largest absolute Gasteiger partial charge is 0.196 e. The van der Waals surface area contributed by atoms with E-state index in [1.165, 1.54) is 0 Å². The molecule has 0 bridgehead atoms. The van der Waals surface area contributed by atoms with Gasteiger partial charge in [-0.1, -0.05) is 0 Å². The van der Waals surface area contributed by atoms with Gasteiger partial charge >= 0.3 is 0 Å². The average molecular weight is 131 g/mol. The molecule has 0 aromatic rings. The number of hydrogen-bond donors (Lipinski definition) is 0. The highest BCUT2D eigenvalue weighted by molar-refractivity contribution is 8.20. The Labute approximate surface area is 51.5 Å². The summed E-state index contributed by atoms with van der Waals surface area (Å²) in [5.74, 6) is 2.31. The van der Waals surface area contributed by atoms with Gasteiger partial charge in [0.1, 0.15) is 4.58 Å². The van der Waals surface area contributed by atoms with Crippen molar-refractivity contribution in [2.24, 2.45) is 0 Å². The number of thioether (sulfide) groups is 2. The molecule has 1 nitrogen and oxygen atoms in total. The van der Waals surface area contributed by atoms with Gasteiger partial charge in [-0.3, -0.25) is 0 Å². The van der Waals surface area contributed by atoms with Crippen molar-refractivity contribution >= 4 is 23.5 Å². The summed E-state index contributed by atoms with van der Waals surface area (Å²) in [6, 6.07) is 2.19. The topological polar surface area (TPSA) is 23.8 Å². The fourth-order valence-corrected chi connectivity index (χ4v) is 2.74. The summed E-state index contributed by atoms with van der Waals surface area (Å²) in [6.45, 7) is 0. The summed E-state index contributed by atoms with van der Waals surface area (Å²) in [4.78, 5) is 0. The Kier molecular flexibility index (Phi) is 1.89. The molecule has 0 aliphatic carbocycles. The first-order chi connectivity index (χ1) is 3.43. The molecule has 0 atom stereocenters. The Morgan fingerprint density at radius 2 is 2.00 bits per heavy atom. The monoisotopic (exact) mass is 131 g/mol. The van der Waals surface area contributed by atoms with Gasteiger partial charge in [-0.25, -0.2) is 0 Å². The Hall–Kier alpha value is 0.190. The predicted octanol–water partition coefficient (Wildman–Crippen LogP) is 1.32. The standard InChI is InChI=1S/C4H5NS2/c5-3-4-6-1-2-7-4/h4H,1-2H2. The lowest BCUT2D eigenvalue weighted by atomic mass is 10.9. The van der Waals surface area contributed by atoms with E-state index in [9.17, 15) is 0 Å². The fourth-order valence-electron chi connectivity index (χ4n) is 0.433. The van der Waals surface area contributed by atoms with E-state index in [0.29, 0.717) is 0 Å². The Bertz CT molecular complexity index is 90.4. The molecule has 7 heavy (non-hydrogen) atoms. The second kappa shape index (κ2) is 2.49. The van der Waals surface area contributed by atoms with E-state index in [1.807, 2.05) is 0 Å². The minimum absolute atomic E-state index is 0.236. The van der Waals surface area contributed by atoms with E-state index >= 15 is 0 Å². The van der Waals surface area contributed by atoms with Crippen molar-refractivity contribution in [1.29, 1.82) is 5.26 Å². The van der Waals surface area contributed by atoms with Gasteiger partial charge in [0, 0.05) is 11.5 Å². The molecule has 0 aromatic heterocycles. The quantitative estimate of drug-likeness (QED) is 0.495. The molecule has 1 aliphatic rings. The van der Waals surface area contributed by atoms with Crippen molar-refractivity contribution in [3.8, 4) is 6.07 Å². The van der Waals surface area contributed by atoms with E-state index in [4.69, 9.17) is 5.26 Å². The van der Waals surface area contributed by atoms with Crippen LogP contribution in [0.25, 0.3) is 0 Å². The smallest absolute Gasteiger partial charge is 0.137 e. The third kappa shape index (κ3) is 1.29. The highest BCUT2D eigenvalue weighted by Crippen LogP contribution is 2.30. The van der Waals surface area contributed by atoms with Crippen LogP contribution in [0.4, 0.5) is 0 Å². The number of nitriles is 1. The molecule has 1 heterocycles. The molecule has 0 radical (unpaired) electrons. The highest BCUT2D eigenvalue weighted by atomic mass is 32.2. The first kappa shape index (κ1) is 5.33. The zero-order valence-electron chi connectivity index (χ0n) is 3.76. The van der Waals surface area contributed by atoms with Crippen LogP contribution in [0, 0.1) is 11.3 Å². The van der Waals surface area contributed by atoms with Crippen molar-refractivity contribution in [1.82, 2.24) is 0 Å². The fraction of sp³-hybridized carbons (Fsp3) is 0.750. The van der Waals surface area contributed by atoms with Gasteiger partial charge in [0.25, 0.3) is 0 Å². The van der Waals surface area contributed by atoms with Crippen LogP contribution in [0.1, 0.15) is 0 Å². The van der Waals surface area contributed by atoms with E-state index < -0.39 is 0 Å². The molecule has 1 rings (SSSR count). The lowest BCUT2D eigenvalue weighted by Gasteiger charge is -1.87. The molecule has 38 valence electrons. The summed E-state index contributed by atoms with van der Waals surface area (Å²) in [5.41, 5.74) is 0. The summed E-state index contributed by atoms with van der Waals surface area (Å²) in [7, 11) is 0. The number of nitrogens with zero attached hydrogens (tertiary/aromatic N) is 1. The summed E-state index contributed by atoms with van der Waals surface area (Å²) < 4.78 is 0.236. The Balaban J connectivity index is 2.31. The predicted molar refractivity (Wildman–Crippen MR) is 34.3 cm³/mol. The van der Waals surface area contributed by atoms with Crippen LogP contribution in [0.3, 0.4) is 0 Å². The zero-order chi connectivity index (χ0) is 5.11. The van der Waals surface area contributed by atoms with Gasteiger partial charge in [-0.05, 0) is 0 Å². The first-order valence-corrected chi connectivity index (χ1v) is 4.16. The average Bonchev–Trinajstić information content (AvgIpc) is 2.14. The maximum Gasteiger partial charge on any atom is 0.137 e. The van der Waals surface area contributed by atoms with Crippen LogP contribution >= 0.6 is 23.5 Å². The molecule has 1 aliphatic heterocycles. The first-order valence-electron chi connectivity index (χ1n) is 2.06. The molecule has 0 unspecified atom stereocenters. The van der Waals surface area contributed by atoms with E-state index in [0.717, 1.165) is 11.5 Å². The molecule has 3 heteroatoms. The SMILES string of the molecule is N#CC1SCCS1. The van der Waals surface area contributed by atoms with E-state index in [-0.39, 0.29) is 4.58 Å². The van der Waals surface area contributed by atoms with E-state index in [2.05, 4.69) is 6.07 Å². The van der Waals surface area contributed by atoms with Gasteiger partial charge in [0.2, 0.25) is 0 Å².